The van der Waals surface area contributed by atoms with Gasteiger partial charge in [0.15, 0.2) is 5.96 Å². The summed E-state index contributed by atoms with van der Waals surface area (Å²) in [5, 5.41) is 6.64. The van der Waals surface area contributed by atoms with E-state index in [1.807, 2.05) is 26.2 Å². The predicted molar refractivity (Wildman–Crippen MR) is 107 cm³/mol. The molecule has 1 heterocycles. The van der Waals surface area contributed by atoms with Crippen molar-refractivity contribution in [3.8, 4) is 0 Å². The fourth-order valence-electron chi connectivity index (χ4n) is 2.46. The highest BCUT2D eigenvalue weighted by atomic mass is 16.5. The maximum absolute atomic E-state index is 5.56. The molecule has 0 fully saturated rings. The molecule has 0 unspecified atom stereocenters. The zero-order valence-electron chi connectivity index (χ0n) is 16.0. The number of furan rings is 1. The molecular formula is C20H30N4O2. The van der Waals surface area contributed by atoms with Crippen molar-refractivity contribution in [3.05, 3.63) is 54.0 Å². The first kappa shape index (κ1) is 19.8. The van der Waals surface area contributed by atoms with Crippen LogP contribution in [0.5, 0.6) is 0 Å². The third kappa shape index (κ3) is 7.19. The van der Waals surface area contributed by atoms with Gasteiger partial charge in [-0.15, -0.1) is 0 Å². The summed E-state index contributed by atoms with van der Waals surface area (Å²) in [5.41, 5.74) is 2.53. The number of hydrogen-bond acceptors (Lipinski definition) is 4. The van der Waals surface area contributed by atoms with E-state index in [-0.39, 0.29) is 0 Å². The van der Waals surface area contributed by atoms with Crippen molar-refractivity contribution in [2.75, 3.05) is 45.7 Å². The number of nitrogens with zero attached hydrogens (tertiary/aromatic N) is 2. The van der Waals surface area contributed by atoms with Crippen LogP contribution in [0.25, 0.3) is 0 Å². The smallest absolute Gasteiger partial charge is 0.190 e. The Morgan fingerprint density at radius 1 is 1.12 bits per heavy atom. The minimum atomic E-state index is 0.520. The molecule has 2 rings (SSSR count). The number of ether oxygens (including phenoxy) is 1. The van der Waals surface area contributed by atoms with Gasteiger partial charge in [-0.2, -0.15) is 0 Å². The van der Waals surface area contributed by atoms with E-state index in [2.05, 4.69) is 44.8 Å². The van der Waals surface area contributed by atoms with E-state index >= 15 is 0 Å². The van der Waals surface area contributed by atoms with Gasteiger partial charge >= 0.3 is 0 Å². The summed E-state index contributed by atoms with van der Waals surface area (Å²) in [4.78, 5) is 6.35. The third-order valence-electron chi connectivity index (χ3n) is 3.96. The first-order chi connectivity index (χ1) is 12.7. The van der Waals surface area contributed by atoms with Crippen molar-refractivity contribution in [1.82, 2.24) is 10.6 Å². The van der Waals surface area contributed by atoms with E-state index in [0.717, 1.165) is 37.7 Å². The Hall–Kier alpha value is -2.47. The Morgan fingerprint density at radius 3 is 2.54 bits per heavy atom. The summed E-state index contributed by atoms with van der Waals surface area (Å²) in [6.45, 7) is 2.86. The van der Waals surface area contributed by atoms with Crippen LogP contribution in [0.15, 0.2) is 52.1 Å². The molecular weight excluding hydrogens is 328 g/mol. The molecule has 142 valence electrons. The molecule has 0 aliphatic heterocycles. The van der Waals surface area contributed by atoms with E-state index in [1.54, 1.807) is 13.3 Å². The summed E-state index contributed by atoms with van der Waals surface area (Å²) in [6, 6.07) is 12.4. The number of anilines is 1. The monoisotopic (exact) mass is 358 g/mol. The second-order valence-electron chi connectivity index (χ2n) is 6.22. The molecule has 0 saturated carbocycles. The Labute approximate surface area is 156 Å². The van der Waals surface area contributed by atoms with Crippen LogP contribution >= 0.6 is 0 Å². The lowest BCUT2D eigenvalue weighted by atomic mass is 10.1. The predicted octanol–water partition coefficient (Wildman–Crippen LogP) is 2.66. The van der Waals surface area contributed by atoms with E-state index in [0.29, 0.717) is 13.2 Å². The number of benzene rings is 1. The Bertz CT molecular complexity index is 636. The normalized spacial score (nSPS) is 11.4. The zero-order valence-corrected chi connectivity index (χ0v) is 16.0. The second-order valence-corrected chi connectivity index (χ2v) is 6.22. The molecule has 6 nitrogen and oxygen atoms in total. The lowest BCUT2D eigenvalue weighted by Crippen LogP contribution is -2.39. The average molecular weight is 358 g/mol. The number of nitrogens with one attached hydrogen (secondary N) is 2. The van der Waals surface area contributed by atoms with Gasteiger partial charge < -0.3 is 24.7 Å². The zero-order chi connectivity index (χ0) is 18.6. The van der Waals surface area contributed by atoms with Gasteiger partial charge in [0, 0.05) is 46.5 Å². The Balaban J connectivity index is 1.55. The second kappa shape index (κ2) is 11.2. The molecule has 0 spiro atoms. The summed E-state index contributed by atoms with van der Waals surface area (Å²) < 4.78 is 10.8. The quantitative estimate of drug-likeness (QED) is 0.388. The number of guanidine groups is 1. The third-order valence-corrected chi connectivity index (χ3v) is 3.96. The van der Waals surface area contributed by atoms with Crippen molar-refractivity contribution >= 4 is 11.6 Å². The molecule has 0 atom stereocenters. The lowest BCUT2D eigenvalue weighted by Gasteiger charge is -2.14. The van der Waals surface area contributed by atoms with Crippen molar-refractivity contribution < 1.29 is 9.15 Å². The molecule has 0 aliphatic carbocycles. The largest absolute Gasteiger partial charge is 0.467 e. The fourth-order valence-corrected chi connectivity index (χ4v) is 2.46. The molecule has 0 saturated heterocycles. The Kier molecular flexibility index (Phi) is 8.55. The van der Waals surface area contributed by atoms with Crippen LogP contribution in [0.3, 0.4) is 0 Å². The first-order valence-corrected chi connectivity index (χ1v) is 9.00. The van der Waals surface area contributed by atoms with Crippen molar-refractivity contribution in [1.29, 1.82) is 0 Å². The molecule has 2 N–H and O–H groups in total. The molecule has 0 aliphatic rings. The van der Waals surface area contributed by atoms with Crippen molar-refractivity contribution in [2.45, 2.75) is 19.4 Å². The van der Waals surface area contributed by atoms with Crippen LogP contribution in [0.4, 0.5) is 5.69 Å². The van der Waals surface area contributed by atoms with Crippen LogP contribution in [-0.2, 0) is 17.8 Å². The molecule has 0 radical (unpaired) electrons. The molecule has 1 aromatic carbocycles. The highest BCUT2D eigenvalue weighted by Gasteiger charge is 2.00. The van der Waals surface area contributed by atoms with Gasteiger partial charge in [0.1, 0.15) is 12.4 Å². The van der Waals surface area contributed by atoms with E-state index in [1.165, 1.54) is 11.3 Å². The van der Waals surface area contributed by atoms with E-state index in [9.17, 15) is 0 Å². The van der Waals surface area contributed by atoms with Crippen LogP contribution < -0.4 is 15.5 Å². The maximum atomic E-state index is 5.56. The Morgan fingerprint density at radius 2 is 1.88 bits per heavy atom. The molecule has 26 heavy (non-hydrogen) atoms. The van der Waals surface area contributed by atoms with Gasteiger partial charge in [-0.25, -0.2) is 0 Å². The topological polar surface area (TPSA) is 62.0 Å². The summed E-state index contributed by atoms with van der Waals surface area (Å²) in [5.74, 6) is 1.68. The lowest BCUT2D eigenvalue weighted by molar-refractivity contribution is 0.105. The average Bonchev–Trinajstić information content (AvgIpc) is 3.17. The molecule has 2 aromatic rings. The number of aliphatic imine (C=N–C) groups is 1. The van der Waals surface area contributed by atoms with Gasteiger partial charge in [-0.05, 0) is 42.7 Å². The van der Waals surface area contributed by atoms with Crippen molar-refractivity contribution in [3.63, 3.8) is 0 Å². The summed E-state index contributed by atoms with van der Waals surface area (Å²) >= 11 is 0. The number of hydrogen-bond donors (Lipinski definition) is 2. The summed E-state index contributed by atoms with van der Waals surface area (Å²) in [7, 11) is 5.89. The van der Waals surface area contributed by atoms with Crippen LogP contribution in [0.1, 0.15) is 17.7 Å². The van der Waals surface area contributed by atoms with Crippen LogP contribution in [-0.4, -0.2) is 46.8 Å². The van der Waals surface area contributed by atoms with Crippen LogP contribution in [0, 0.1) is 0 Å². The van der Waals surface area contributed by atoms with Gasteiger partial charge in [0.2, 0.25) is 0 Å². The van der Waals surface area contributed by atoms with Gasteiger partial charge in [-0.3, -0.25) is 4.99 Å². The summed E-state index contributed by atoms with van der Waals surface area (Å²) in [6.07, 6.45) is 3.53. The number of rotatable bonds is 10. The minimum absolute atomic E-state index is 0.520. The van der Waals surface area contributed by atoms with E-state index in [4.69, 9.17) is 9.15 Å². The van der Waals surface area contributed by atoms with Gasteiger partial charge in [0.25, 0.3) is 0 Å². The molecule has 6 heteroatoms. The molecule has 0 amide bonds. The molecule has 1 aromatic heterocycles. The van der Waals surface area contributed by atoms with Gasteiger partial charge in [-0.1, -0.05) is 12.1 Å². The first-order valence-electron chi connectivity index (χ1n) is 9.00. The van der Waals surface area contributed by atoms with Gasteiger partial charge in [0.05, 0.1) is 6.26 Å². The fraction of sp³-hybridized carbons (Fsp3) is 0.450. The standard InChI is InChI=1S/C20H30N4O2/c1-21-20(22-12-5-14-25-16-19-6-4-15-26-19)23-13-11-17-7-9-18(10-8-17)24(2)3/h4,6-10,15H,5,11-14,16H2,1-3H3,(H2,21,22,23). The minimum Gasteiger partial charge on any atom is -0.467 e. The van der Waals surface area contributed by atoms with Crippen molar-refractivity contribution in [2.24, 2.45) is 4.99 Å². The molecule has 0 bridgehead atoms. The highest BCUT2D eigenvalue weighted by Crippen LogP contribution is 2.12. The van der Waals surface area contributed by atoms with Crippen LogP contribution in [0.2, 0.25) is 0 Å². The SMILES string of the molecule is CN=C(NCCCOCc1ccco1)NCCc1ccc(N(C)C)cc1. The van der Waals surface area contributed by atoms with E-state index < -0.39 is 0 Å². The highest BCUT2D eigenvalue weighted by molar-refractivity contribution is 5.79. The maximum Gasteiger partial charge on any atom is 0.190 e.